The van der Waals surface area contributed by atoms with Crippen LogP contribution in [0.25, 0.3) is 10.9 Å². The molecule has 0 spiro atoms. The van der Waals surface area contributed by atoms with Crippen LogP contribution >= 0.6 is 0 Å². The fourth-order valence-electron chi connectivity index (χ4n) is 3.94. The molecule has 1 aliphatic rings. The summed E-state index contributed by atoms with van der Waals surface area (Å²) in [7, 11) is 0. The lowest BCUT2D eigenvalue weighted by molar-refractivity contribution is -0.0152. The number of rotatable bonds is 6. The van der Waals surface area contributed by atoms with Crippen LogP contribution in [0.1, 0.15) is 24.8 Å². The largest absolute Gasteiger partial charge is 0.488 e. The molecule has 0 aliphatic heterocycles. The Morgan fingerprint density at radius 2 is 2.04 bits per heavy atom. The first-order chi connectivity index (χ1) is 13.2. The molecular formula is C22H25FN2O2. The minimum absolute atomic E-state index is 0.0116. The molecule has 0 radical (unpaired) electrons. The number of para-hydroxylation sites is 1. The Kier molecular flexibility index (Phi) is 5.41. The molecule has 27 heavy (non-hydrogen) atoms. The van der Waals surface area contributed by atoms with Gasteiger partial charge in [0.05, 0.1) is 0 Å². The number of aliphatic hydroxyl groups is 1. The van der Waals surface area contributed by atoms with Gasteiger partial charge in [-0.1, -0.05) is 24.3 Å². The van der Waals surface area contributed by atoms with Gasteiger partial charge in [-0.3, -0.25) is 0 Å². The van der Waals surface area contributed by atoms with E-state index in [9.17, 15) is 9.50 Å². The smallest absolute Gasteiger partial charge is 0.126 e. The van der Waals surface area contributed by atoms with E-state index >= 15 is 0 Å². The number of ether oxygens (including phenoxy) is 1. The summed E-state index contributed by atoms with van der Waals surface area (Å²) in [5, 5.41) is 15.4. The second-order valence-corrected chi connectivity index (χ2v) is 7.21. The van der Waals surface area contributed by atoms with Crippen molar-refractivity contribution in [3.63, 3.8) is 0 Å². The molecule has 0 saturated heterocycles. The summed E-state index contributed by atoms with van der Waals surface area (Å²) >= 11 is 0. The molecule has 142 valence electrons. The maximum absolute atomic E-state index is 13.3. The summed E-state index contributed by atoms with van der Waals surface area (Å²) in [5.74, 6) is 0.143. The average molecular weight is 368 g/mol. The number of halogens is 1. The number of aromatic amines is 1. The highest BCUT2D eigenvalue weighted by Gasteiger charge is 2.33. The van der Waals surface area contributed by atoms with Crippen molar-refractivity contribution in [3.05, 3.63) is 66.1 Å². The summed E-state index contributed by atoms with van der Waals surface area (Å²) < 4.78 is 19.2. The third-order valence-corrected chi connectivity index (χ3v) is 5.36. The Balaban J connectivity index is 1.33. The van der Waals surface area contributed by atoms with E-state index in [2.05, 4.69) is 28.6 Å². The maximum atomic E-state index is 13.3. The molecule has 0 unspecified atom stereocenters. The molecule has 3 aromatic rings. The zero-order valence-electron chi connectivity index (χ0n) is 15.2. The predicted octanol–water partition coefficient (Wildman–Crippen LogP) is 3.80. The zero-order chi connectivity index (χ0) is 18.6. The van der Waals surface area contributed by atoms with Gasteiger partial charge in [0.25, 0.3) is 0 Å². The lowest BCUT2D eigenvalue weighted by Gasteiger charge is -2.35. The number of hydrogen-bond acceptors (Lipinski definition) is 3. The third-order valence-electron chi connectivity index (χ3n) is 5.36. The Hall–Kier alpha value is -2.37. The maximum Gasteiger partial charge on any atom is 0.126 e. The SMILES string of the molecule is O[C@@H]1[C@@H](NCCc2c[nH]c3ccccc23)CCC[C@H]1Oc1cccc(F)c1. The van der Waals surface area contributed by atoms with Gasteiger partial charge < -0.3 is 20.1 Å². The Morgan fingerprint density at radius 1 is 1.15 bits per heavy atom. The number of fused-ring (bicyclic) bond motifs is 1. The highest BCUT2D eigenvalue weighted by molar-refractivity contribution is 5.83. The molecule has 4 rings (SSSR count). The van der Waals surface area contributed by atoms with Crippen LogP contribution in [0.15, 0.2) is 54.7 Å². The molecule has 3 N–H and O–H groups in total. The van der Waals surface area contributed by atoms with Crippen LogP contribution in [0.5, 0.6) is 5.75 Å². The van der Waals surface area contributed by atoms with Crippen LogP contribution in [0.4, 0.5) is 4.39 Å². The highest BCUT2D eigenvalue weighted by atomic mass is 19.1. The molecule has 0 amide bonds. The lowest BCUT2D eigenvalue weighted by Crippen LogP contribution is -2.51. The van der Waals surface area contributed by atoms with Gasteiger partial charge >= 0.3 is 0 Å². The monoisotopic (exact) mass is 368 g/mol. The summed E-state index contributed by atoms with van der Waals surface area (Å²) in [4.78, 5) is 3.30. The van der Waals surface area contributed by atoms with E-state index in [4.69, 9.17) is 4.74 Å². The number of aromatic nitrogens is 1. The van der Waals surface area contributed by atoms with E-state index in [0.717, 1.165) is 37.7 Å². The van der Waals surface area contributed by atoms with Crippen molar-refractivity contribution >= 4 is 10.9 Å². The molecule has 1 aromatic heterocycles. The highest BCUT2D eigenvalue weighted by Crippen LogP contribution is 2.25. The fourth-order valence-corrected chi connectivity index (χ4v) is 3.94. The van der Waals surface area contributed by atoms with Gasteiger partial charge in [-0.15, -0.1) is 0 Å². The third kappa shape index (κ3) is 4.15. The van der Waals surface area contributed by atoms with Crippen molar-refractivity contribution < 1.29 is 14.2 Å². The number of hydrogen-bond donors (Lipinski definition) is 3. The van der Waals surface area contributed by atoms with E-state index in [-0.39, 0.29) is 18.0 Å². The van der Waals surface area contributed by atoms with Crippen LogP contribution in [0, 0.1) is 5.82 Å². The molecule has 1 fully saturated rings. The predicted molar refractivity (Wildman–Crippen MR) is 104 cm³/mol. The molecule has 2 aromatic carbocycles. The van der Waals surface area contributed by atoms with Gasteiger partial charge in [-0.25, -0.2) is 4.39 Å². The standard InChI is InChI=1S/C22H25FN2O2/c23-16-5-3-6-17(13-16)27-21-10-4-9-20(22(21)26)24-12-11-15-14-25-19-8-2-1-7-18(15)19/h1-3,5-8,13-14,20-22,24-26H,4,9-12H2/t20-,21+,22+/m0/s1. The number of H-pyrrole nitrogens is 1. The Bertz CT molecular complexity index is 895. The van der Waals surface area contributed by atoms with Crippen molar-refractivity contribution in [2.75, 3.05) is 6.54 Å². The molecule has 1 saturated carbocycles. The van der Waals surface area contributed by atoms with E-state index in [1.807, 2.05) is 12.1 Å². The van der Waals surface area contributed by atoms with E-state index in [1.54, 1.807) is 12.1 Å². The van der Waals surface area contributed by atoms with Crippen LogP contribution in [0.2, 0.25) is 0 Å². The Labute approximate surface area is 158 Å². The molecule has 5 heteroatoms. The number of nitrogens with one attached hydrogen (secondary N) is 2. The number of benzene rings is 2. The summed E-state index contributed by atoms with van der Waals surface area (Å²) in [6, 6.07) is 14.4. The minimum atomic E-state index is -0.606. The van der Waals surface area contributed by atoms with E-state index in [1.165, 1.54) is 23.1 Å². The topological polar surface area (TPSA) is 57.3 Å². The van der Waals surface area contributed by atoms with E-state index < -0.39 is 6.10 Å². The van der Waals surface area contributed by atoms with Gasteiger partial charge in [0, 0.05) is 29.2 Å². The normalized spacial score (nSPS) is 22.8. The second-order valence-electron chi connectivity index (χ2n) is 7.21. The zero-order valence-corrected chi connectivity index (χ0v) is 15.2. The first-order valence-corrected chi connectivity index (χ1v) is 9.59. The van der Waals surface area contributed by atoms with Crippen molar-refractivity contribution in [1.82, 2.24) is 10.3 Å². The van der Waals surface area contributed by atoms with Gasteiger partial charge in [0.2, 0.25) is 0 Å². The summed E-state index contributed by atoms with van der Waals surface area (Å²) in [6.07, 6.45) is 4.69. The number of aliphatic hydroxyl groups excluding tert-OH is 1. The van der Waals surface area contributed by atoms with Crippen LogP contribution in [-0.4, -0.2) is 34.9 Å². The minimum Gasteiger partial charge on any atom is -0.488 e. The lowest BCUT2D eigenvalue weighted by atomic mass is 9.89. The molecule has 1 aliphatic carbocycles. The van der Waals surface area contributed by atoms with Crippen LogP contribution in [0.3, 0.4) is 0 Å². The van der Waals surface area contributed by atoms with E-state index in [0.29, 0.717) is 5.75 Å². The molecule has 3 atom stereocenters. The first-order valence-electron chi connectivity index (χ1n) is 9.59. The molecule has 0 bridgehead atoms. The van der Waals surface area contributed by atoms with Gasteiger partial charge in [0.1, 0.15) is 23.8 Å². The van der Waals surface area contributed by atoms with Crippen LogP contribution in [-0.2, 0) is 6.42 Å². The fraction of sp³-hybridized carbons (Fsp3) is 0.364. The average Bonchev–Trinajstić information content (AvgIpc) is 3.08. The summed E-state index contributed by atoms with van der Waals surface area (Å²) in [6.45, 7) is 0.788. The van der Waals surface area contributed by atoms with Gasteiger partial charge in [0.15, 0.2) is 0 Å². The Morgan fingerprint density at radius 3 is 2.93 bits per heavy atom. The first kappa shape index (κ1) is 18.0. The van der Waals surface area contributed by atoms with Crippen molar-refractivity contribution in [1.29, 1.82) is 0 Å². The van der Waals surface area contributed by atoms with Crippen molar-refractivity contribution in [3.8, 4) is 5.75 Å². The second kappa shape index (κ2) is 8.11. The quantitative estimate of drug-likeness (QED) is 0.620. The van der Waals surface area contributed by atoms with Crippen molar-refractivity contribution in [2.24, 2.45) is 0 Å². The van der Waals surface area contributed by atoms with Crippen LogP contribution < -0.4 is 10.1 Å². The summed E-state index contributed by atoms with van der Waals surface area (Å²) in [5.41, 5.74) is 2.42. The molecule has 1 heterocycles. The van der Waals surface area contributed by atoms with Gasteiger partial charge in [-0.2, -0.15) is 0 Å². The van der Waals surface area contributed by atoms with Crippen molar-refractivity contribution in [2.45, 2.75) is 43.9 Å². The van der Waals surface area contributed by atoms with Gasteiger partial charge in [-0.05, 0) is 56.0 Å². The molecule has 4 nitrogen and oxygen atoms in total. The molecular weight excluding hydrogens is 343 g/mol.